The number of carbonyl (C=O) groups excluding carboxylic acids is 1. The smallest absolute Gasteiger partial charge is 0.243 e. The van der Waals surface area contributed by atoms with Crippen LogP contribution in [0, 0.1) is 0 Å². The number of hydrogen-bond acceptors (Lipinski definition) is 2. The molecular formula is C16H16BrNO2. The van der Waals surface area contributed by atoms with Crippen molar-refractivity contribution in [2.75, 3.05) is 0 Å². The largest absolute Gasteiger partial charge is 0.273 e. The molecule has 2 rings (SSSR count). The molecule has 0 heterocycles. The van der Waals surface area contributed by atoms with Gasteiger partial charge < -0.3 is 0 Å². The predicted molar refractivity (Wildman–Crippen MR) is 81.8 cm³/mol. The second-order valence-electron chi connectivity index (χ2n) is 4.43. The van der Waals surface area contributed by atoms with Gasteiger partial charge in [0.25, 0.3) is 0 Å². The van der Waals surface area contributed by atoms with E-state index in [9.17, 15) is 4.79 Å². The van der Waals surface area contributed by atoms with Crippen molar-refractivity contribution in [2.24, 2.45) is 0 Å². The minimum Gasteiger partial charge on any atom is -0.273 e. The van der Waals surface area contributed by atoms with Gasteiger partial charge in [-0.25, -0.2) is 5.48 Å². The quantitative estimate of drug-likeness (QED) is 0.820. The lowest BCUT2D eigenvalue weighted by atomic mass is 10.1. The summed E-state index contributed by atoms with van der Waals surface area (Å²) in [6.45, 7) is 0.378. The lowest BCUT2D eigenvalue weighted by Crippen LogP contribution is -2.23. The molecule has 2 aromatic carbocycles. The average Bonchev–Trinajstić information content (AvgIpc) is 2.46. The molecule has 0 unspecified atom stereocenters. The van der Waals surface area contributed by atoms with Gasteiger partial charge >= 0.3 is 0 Å². The molecule has 0 aliphatic rings. The van der Waals surface area contributed by atoms with Gasteiger partial charge in [-0.1, -0.05) is 58.4 Å². The molecule has 0 aromatic heterocycles. The number of amides is 1. The SMILES string of the molecule is O=C(CCc1cccc(Br)c1)NOCc1ccccc1. The molecule has 1 N–H and O–H groups in total. The normalized spacial score (nSPS) is 10.2. The molecule has 0 bridgehead atoms. The second kappa shape index (κ2) is 7.82. The summed E-state index contributed by atoms with van der Waals surface area (Å²) in [5.41, 5.74) is 4.62. The molecule has 3 nitrogen and oxygen atoms in total. The number of benzene rings is 2. The van der Waals surface area contributed by atoms with E-state index in [0.717, 1.165) is 15.6 Å². The van der Waals surface area contributed by atoms with E-state index < -0.39 is 0 Å². The van der Waals surface area contributed by atoms with Gasteiger partial charge in [-0.3, -0.25) is 9.63 Å². The molecule has 0 radical (unpaired) electrons. The highest BCUT2D eigenvalue weighted by molar-refractivity contribution is 9.10. The second-order valence-corrected chi connectivity index (χ2v) is 5.35. The maximum absolute atomic E-state index is 11.6. The maximum Gasteiger partial charge on any atom is 0.243 e. The zero-order chi connectivity index (χ0) is 14.2. The summed E-state index contributed by atoms with van der Waals surface area (Å²) >= 11 is 3.41. The summed E-state index contributed by atoms with van der Waals surface area (Å²) < 4.78 is 1.02. The van der Waals surface area contributed by atoms with Crippen LogP contribution >= 0.6 is 15.9 Å². The number of halogens is 1. The van der Waals surface area contributed by atoms with Crippen LogP contribution in [0.5, 0.6) is 0 Å². The summed E-state index contributed by atoms with van der Waals surface area (Å²) in [7, 11) is 0. The van der Waals surface area contributed by atoms with E-state index in [2.05, 4.69) is 21.4 Å². The first-order valence-electron chi connectivity index (χ1n) is 6.43. The highest BCUT2D eigenvalue weighted by Gasteiger charge is 2.03. The monoisotopic (exact) mass is 333 g/mol. The van der Waals surface area contributed by atoms with E-state index in [1.807, 2.05) is 54.6 Å². The fraction of sp³-hybridized carbons (Fsp3) is 0.188. The third-order valence-corrected chi connectivity index (χ3v) is 3.29. The Balaban J connectivity index is 1.68. The van der Waals surface area contributed by atoms with Gasteiger partial charge in [0.15, 0.2) is 0 Å². The number of hydroxylamine groups is 1. The summed E-state index contributed by atoms with van der Waals surface area (Å²) in [6, 6.07) is 17.7. The predicted octanol–water partition coefficient (Wildman–Crippen LogP) is 3.63. The molecule has 20 heavy (non-hydrogen) atoms. The van der Waals surface area contributed by atoms with E-state index in [0.29, 0.717) is 19.4 Å². The highest BCUT2D eigenvalue weighted by atomic mass is 79.9. The van der Waals surface area contributed by atoms with E-state index in [-0.39, 0.29) is 5.91 Å². The van der Waals surface area contributed by atoms with E-state index >= 15 is 0 Å². The molecule has 0 aliphatic heterocycles. The minimum atomic E-state index is -0.110. The van der Waals surface area contributed by atoms with Crippen LogP contribution in [0.2, 0.25) is 0 Å². The number of rotatable bonds is 6. The highest BCUT2D eigenvalue weighted by Crippen LogP contribution is 2.12. The molecule has 0 spiro atoms. The standard InChI is InChI=1S/C16H16BrNO2/c17-15-8-4-7-13(11-15)9-10-16(19)18-20-12-14-5-2-1-3-6-14/h1-8,11H,9-10,12H2,(H,18,19). The van der Waals surface area contributed by atoms with Crippen molar-refractivity contribution in [1.82, 2.24) is 5.48 Å². The Morgan fingerprint density at radius 3 is 2.55 bits per heavy atom. The van der Waals surface area contributed by atoms with E-state index in [1.165, 1.54) is 0 Å². The lowest BCUT2D eigenvalue weighted by Gasteiger charge is -2.06. The Morgan fingerprint density at radius 1 is 1.05 bits per heavy atom. The van der Waals surface area contributed by atoms with Crippen LogP contribution in [0.1, 0.15) is 17.5 Å². The molecule has 0 atom stereocenters. The summed E-state index contributed by atoms with van der Waals surface area (Å²) in [6.07, 6.45) is 1.10. The van der Waals surface area contributed by atoms with Crippen molar-refractivity contribution in [1.29, 1.82) is 0 Å². The number of hydrogen-bond donors (Lipinski definition) is 1. The van der Waals surface area contributed by atoms with Gasteiger partial charge in [-0.05, 0) is 29.7 Å². The average molecular weight is 334 g/mol. The third kappa shape index (κ3) is 5.15. The molecule has 1 amide bonds. The van der Waals surface area contributed by atoms with Crippen LogP contribution in [-0.2, 0) is 22.7 Å². The topological polar surface area (TPSA) is 38.3 Å². The van der Waals surface area contributed by atoms with Crippen LogP contribution in [0.3, 0.4) is 0 Å². The Hall–Kier alpha value is -1.65. The summed E-state index contributed by atoms with van der Waals surface area (Å²) in [4.78, 5) is 16.8. The van der Waals surface area contributed by atoms with Gasteiger partial charge in [0.2, 0.25) is 5.91 Å². The molecule has 4 heteroatoms. The van der Waals surface area contributed by atoms with Crippen LogP contribution in [0.25, 0.3) is 0 Å². The van der Waals surface area contributed by atoms with Crippen LogP contribution in [0.4, 0.5) is 0 Å². The molecule has 0 aliphatic carbocycles. The first kappa shape index (κ1) is 14.8. The molecule has 2 aromatic rings. The molecule has 104 valence electrons. The number of nitrogens with one attached hydrogen (secondary N) is 1. The van der Waals surface area contributed by atoms with Crippen LogP contribution in [0.15, 0.2) is 59.1 Å². The molecule has 0 saturated carbocycles. The number of carbonyl (C=O) groups is 1. The Labute approximate surface area is 127 Å². The van der Waals surface area contributed by atoms with Crippen molar-refractivity contribution in [3.05, 3.63) is 70.2 Å². The molecule has 0 fully saturated rings. The summed E-state index contributed by atoms with van der Waals surface area (Å²) in [5, 5.41) is 0. The zero-order valence-corrected chi connectivity index (χ0v) is 12.6. The fourth-order valence-electron chi connectivity index (χ4n) is 1.78. The van der Waals surface area contributed by atoms with Gasteiger partial charge in [0.05, 0.1) is 6.61 Å². The number of aryl methyl sites for hydroxylation is 1. The van der Waals surface area contributed by atoms with Crippen molar-refractivity contribution in [3.63, 3.8) is 0 Å². The maximum atomic E-state index is 11.6. The Kier molecular flexibility index (Phi) is 5.77. The minimum absolute atomic E-state index is 0.110. The van der Waals surface area contributed by atoms with Gasteiger partial charge in [0.1, 0.15) is 0 Å². The van der Waals surface area contributed by atoms with Crippen molar-refractivity contribution >= 4 is 21.8 Å². The van der Waals surface area contributed by atoms with E-state index in [1.54, 1.807) is 0 Å². The lowest BCUT2D eigenvalue weighted by molar-refractivity contribution is -0.134. The Morgan fingerprint density at radius 2 is 1.80 bits per heavy atom. The van der Waals surface area contributed by atoms with Crippen molar-refractivity contribution < 1.29 is 9.63 Å². The zero-order valence-electron chi connectivity index (χ0n) is 11.0. The van der Waals surface area contributed by atoms with Gasteiger partial charge in [-0.15, -0.1) is 0 Å². The first-order valence-corrected chi connectivity index (χ1v) is 7.22. The third-order valence-electron chi connectivity index (χ3n) is 2.80. The van der Waals surface area contributed by atoms with Crippen molar-refractivity contribution in [2.45, 2.75) is 19.4 Å². The van der Waals surface area contributed by atoms with Gasteiger partial charge in [-0.2, -0.15) is 0 Å². The summed E-state index contributed by atoms with van der Waals surface area (Å²) in [5.74, 6) is -0.110. The first-order chi connectivity index (χ1) is 9.74. The fourth-order valence-corrected chi connectivity index (χ4v) is 2.22. The van der Waals surface area contributed by atoms with Crippen LogP contribution < -0.4 is 5.48 Å². The van der Waals surface area contributed by atoms with Crippen molar-refractivity contribution in [3.8, 4) is 0 Å². The van der Waals surface area contributed by atoms with Gasteiger partial charge in [0, 0.05) is 10.9 Å². The van der Waals surface area contributed by atoms with E-state index in [4.69, 9.17) is 4.84 Å². The molecular weight excluding hydrogens is 318 g/mol. The van der Waals surface area contributed by atoms with Crippen LogP contribution in [-0.4, -0.2) is 5.91 Å². The Bertz CT molecular complexity index is 557. The molecule has 0 saturated heterocycles.